The first-order valence-corrected chi connectivity index (χ1v) is 14.7. The average molecular weight is 626 g/mol. The Morgan fingerprint density at radius 3 is 2.68 bits per heavy atom. The Balaban J connectivity index is 1.27. The highest BCUT2D eigenvalue weighted by atomic mass is 35.5. The van der Waals surface area contributed by atoms with Crippen LogP contribution in [0.4, 0.5) is 24.8 Å². The van der Waals surface area contributed by atoms with Crippen LogP contribution >= 0.6 is 11.6 Å². The molecule has 1 aliphatic carbocycles. The number of anilines is 2. The van der Waals surface area contributed by atoms with Gasteiger partial charge in [-0.1, -0.05) is 11.6 Å². The smallest absolute Gasteiger partial charge is 0.416 e. The maximum atomic E-state index is 13.2. The lowest BCUT2D eigenvalue weighted by Crippen LogP contribution is -2.41. The van der Waals surface area contributed by atoms with Gasteiger partial charge in [0.15, 0.2) is 0 Å². The van der Waals surface area contributed by atoms with E-state index in [1.807, 2.05) is 4.90 Å². The molecule has 0 bridgehead atoms. The van der Waals surface area contributed by atoms with Crippen LogP contribution in [0.1, 0.15) is 66.2 Å². The summed E-state index contributed by atoms with van der Waals surface area (Å²) in [5, 5.41) is 2.75. The molecule has 2 aliphatic heterocycles. The van der Waals surface area contributed by atoms with Gasteiger partial charge in [0.1, 0.15) is 39.6 Å². The monoisotopic (exact) mass is 625 g/mol. The molecule has 0 radical (unpaired) electrons. The molecule has 10 nitrogen and oxygen atoms in total. The number of hydrogen-bond acceptors (Lipinski definition) is 7. The van der Waals surface area contributed by atoms with Gasteiger partial charge in [0.25, 0.3) is 5.91 Å². The second kappa shape index (κ2) is 10.7. The lowest BCUT2D eigenvalue weighted by atomic mass is 9.92. The van der Waals surface area contributed by atoms with E-state index in [1.165, 1.54) is 18.3 Å². The van der Waals surface area contributed by atoms with Crippen molar-refractivity contribution < 1.29 is 27.5 Å². The van der Waals surface area contributed by atoms with Crippen LogP contribution in [0, 0.1) is 0 Å². The Morgan fingerprint density at radius 1 is 1.09 bits per heavy atom. The largest absolute Gasteiger partial charge is 0.490 e. The number of aromatic nitrogens is 4. The molecule has 0 unspecified atom stereocenters. The van der Waals surface area contributed by atoms with Crippen molar-refractivity contribution in [2.75, 3.05) is 17.6 Å². The average Bonchev–Trinajstić information content (AvgIpc) is 3.60. The van der Waals surface area contributed by atoms with Crippen molar-refractivity contribution in [3.8, 4) is 17.0 Å². The number of nitrogens with zero attached hydrogens (tertiary/aromatic N) is 5. The van der Waals surface area contributed by atoms with Gasteiger partial charge in [-0.3, -0.25) is 14.0 Å². The van der Waals surface area contributed by atoms with Crippen molar-refractivity contribution in [3.05, 3.63) is 64.8 Å². The number of nitrogens with one attached hydrogen (secondary N) is 1. The Kier molecular flexibility index (Phi) is 6.87. The SMILES string of the molecule is Nc1ncc(Cl)n2c([C@@H]3CC[C@H]4CCC(=O)N4C3)nc(-c3ccc(C(=O)Nc4cc(C(F)(F)F)ccn4)cc3OC3CC3)c12. The van der Waals surface area contributed by atoms with Crippen molar-refractivity contribution in [2.24, 2.45) is 0 Å². The summed E-state index contributed by atoms with van der Waals surface area (Å²) in [6.45, 7) is 0.523. The van der Waals surface area contributed by atoms with Crippen molar-refractivity contribution in [2.45, 2.75) is 62.8 Å². The van der Waals surface area contributed by atoms with Gasteiger partial charge in [0.2, 0.25) is 5.91 Å². The number of alkyl halides is 3. The molecule has 3 aliphatic rings. The molecular weight excluding hydrogens is 599 g/mol. The number of nitrogens with two attached hydrogens (primary N) is 1. The van der Waals surface area contributed by atoms with Crippen molar-refractivity contribution in [3.63, 3.8) is 0 Å². The number of nitrogen functional groups attached to an aromatic ring is 1. The molecule has 1 aromatic carbocycles. The van der Waals surface area contributed by atoms with Crippen LogP contribution in [0.2, 0.25) is 5.15 Å². The summed E-state index contributed by atoms with van der Waals surface area (Å²) in [5.41, 5.74) is 7.12. The van der Waals surface area contributed by atoms with E-state index in [4.69, 9.17) is 27.1 Å². The minimum atomic E-state index is -4.58. The summed E-state index contributed by atoms with van der Waals surface area (Å²) < 4.78 is 47.5. The predicted molar refractivity (Wildman–Crippen MR) is 155 cm³/mol. The normalized spacial score (nSPS) is 20.2. The molecule has 0 spiro atoms. The first-order chi connectivity index (χ1) is 21.1. The van der Waals surface area contributed by atoms with Crippen LogP contribution in [0.5, 0.6) is 5.75 Å². The van der Waals surface area contributed by atoms with Gasteiger partial charge in [-0.15, -0.1) is 0 Å². The molecule has 228 valence electrons. The van der Waals surface area contributed by atoms with Crippen LogP contribution in [0.25, 0.3) is 16.8 Å². The van der Waals surface area contributed by atoms with Gasteiger partial charge in [0, 0.05) is 42.2 Å². The minimum Gasteiger partial charge on any atom is -0.490 e. The zero-order valence-electron chi connectivity index (χ0n) is 23.3. The van der Waals surface area contributed by atoms with E-state index in [-0.39, 0.29) is 41.2 Å². The van der Waals surface area contributed by atoms with Crippen LogP contribution in [-0.4, -0.2) is 54.8 Å². The third-order valence-corrected chi connectivity index (χ3v) is 8.67. The number of pyridine rings is 1. The Labute approximate surface area is 254 Å². The first-order valence-electron chi connectivity index (χ1n) is 14.3. The third-order valence-electron chi connectivity index (χ3n) is 8.40. The predicted octanol–water partition coefficient (Wildman–Crippen LogP) is 5.71. The second-order valence-electron chi connectivity index (χ2n) is 11.4. The van der Waals surface area contributed by atoms with Gasteiger partial charge < -0.3 is 20.7 Å². The number of halogens is 4. The number of carbonyl (C=O) groups excluding carboxylic acids is 2. The van der Waals surface area contributed by atoms with Gasteiger partial charge >= 0.3 is 6.18 Å². The maximum absolute atomic E-state index is 13.2. The number of hydrogen-bond donors (Lipinski definition) is 2. The summed E-state index contributed by atoms with van der Waals surface area (Å²) in [7, 11) is 0. The van der Waals surface area contributed by atoms with E-state index in [1.54, 1.807) is 10.5 Å². The highest BCUT2D eigenvalue weighted by Crippen LogP contribution is 2.42. The van der Waals surface area contributed by atoms with Crippen molar-refractivity contribution in [1.82, 2.24) is 24.3 Å². The van der Waals surface area contributed by atoms with Gasteiger partial charge in [-0.25, -0.2) is 15.0 Å². The van der Waals surface area contributed by atoms with Crippen molar-refractivity contribution >= 4 is 40.6 Å². The molecule has 3 aromatic heterocycles. The number of rotatable bonds is 6. The van der Waals surface area contributed by atoms with E-state index < -0.39 is 17.6 Å². The number of carbonyl (C=O) groups is 2. The lowest BCUT2D eigenvalue weighted by molar-refractivity contribution is -0.137. The topological polar surface area (TPSA) is 128 Å². The summed E-state index contributed by atoms with van der Waals surface area (Å²) in [6, 6.07) is 6.58. The van der Waals surface area contributed by atoms with E-state index in [9.17, 15) is 22.8 Å². The summed E-state index contributed by atoms with van der Waals surface area (Å²) in [6.07, 6.45) is 2.58. The molecule has 2 saturated heterocycles. The molecule has 7 rings (SSSR count). The molecule has 3 N–H and O–H groups in total. The van der Waals surface area contributed by atoms with Crippen LogP contribution < -0.4 is 15.8 Å². The molecule has 14 heteroatoms. The maximum Gasteiger partial charge on any atom is 0.416 e. The molecule has 5 heterocycles. The molecule has 1 saturated carbocycles. The highest BCUT2D eigenvalue weighted by molar-refractivity contribution is 6.30. The van der Waals surface area contributed by atoms with Crippen LogP contribution in [-0.2, 0) is 11.0 Å². The quantitative estimate of drug-likeness (QED) is 0.281. The van der Waals surface area contributed by atoms with E-state index in [2.05, 4.69) is 15.3 Å². The fraction of sp³-hybridized carbons (Fsp3) is 0.367. The molecule has 44 heavy (non-hydrogen) atoms. The van der Waals surface area contributed by atoms with Gasteiger partial charge in [-0.2, -0.15) is 13.2 Å². The summed E-state index contributed by atoms with van der Waals surface area (Å²) >= 11 is 6.68. The van der Waals surface area contributed by atoms with Gasteiger partial charge in [-0.05, 0) is 62.4 Å². The second-order valence-corrected chi connectivity index (χ2v) is 11.8. The summed E-state index contributed by atoms with van der Waals surface area (Å²) in [5.74, 6) is 0.375. The zero-order valence-corrected chi connectivity index (χ0v) is 24.0. The highest BCUT2D eigenvalue weighted by Gasteiger charge is 2.39. The van der Waals surface area contributed by atoms with E-state index >= 15 is 0 Å². The minimum absolute atomic E-state index is 0.0546. The number of ether oxygens (including phenoxy) is 1. The van der Waals surface area contributed by atoms with Crippen LogP contribution in [0.3, 0.4) is 0 Å². The number of imidazole rings is 1. The Hall–Kier alpha value is -4.39. The zero-order chi connectivity index (χ0) is 30.7. The number of fused-ring (bicyclic) bond motifs is 2. The van der Waals surface area contributed by atoms with E-state index in [0.29, 0.717) is 46.5 Å². The lowest BCUT2D eigenvalue weighted by Gasteiger charge is -2.34. The fourth-order valence-corrected chi connectivity index (χ4v) is 6.28. The van der Waals surface area contributed by atoms with Crippen molar-refractivity contribution in [1.29, 1.82) is 0 Å². The molecule has 2 amide bonds. The molecule has 4 aromatic rings. The van der Waals surface area contributed by atoms with E-state index in [0.717, 1.165) is 50.4 Å². The Morgan fingerprint density at radius 2 is 1.91 bits per heavy atom. The molecular formula is C30H27ClF3N7O3. The number of benzene rings is 1. The number of amides is 2. The van der Waals surface area contributed by atoms with Gasteiger partial charge in [0.05, 0.1) is 17.9 Å². The summed E-state index contributed by atoms with van der Waals surface area (Å²) in [4.78, 5) is 40.8. The third kappa shape index (κ3) is 5.18. The standard InChI is InChI=1S/C30H27ClF3N7O3/c31-22-13-37-27(35)26-25(39-28(41(22)26)16-1-3-18-4-8-24(42)40(18)14-16)20-7-2-15(11-21(20)44-19-5-6-19)29(43)38-23-12-17(9-10-36-23)30(32,33)34/h2,7,9-13,16,18-19H,1,3-6,8,14H2,(H2,35,37)(H,36,38,43)/t16-,18+/m1/s1. The molecule has 3 fully saturated rings. The number of piperidine rings is 1. The first kappa shape index (κ1) is 28.4. The molecule has 2 atom stereocenters. The van der Waals surface area contributed by atoms with Crippen LogP contribution in [0.15, 0.2) is 42.7 Å². The fourth-order valence-electron chi connectivity index (χ4n) is 6.06. The Bertz CT molecular complexity index is 1810.